The molecule has 4 aliphatic rings. The van der Waals surface area contributed by atoms with Crippen molar-refractivity contribution >= 4 is 171 Å². The fraction of sp³-hybridized carbons (Fsp3) is 0.0488. The van der Waals surface area contributed by atoms with E-state index in [1.165, 1.54) is 34.7 Å². The number of halogens is 5. The normalized spacial score (nSPS) is 18.7. The lowest BCUT2D eigenvalue weighted by Gasteiger charge is -2.52. The van der Waals surface area contributed by atoms with Gasteiger partial charge in [-0.3, -0.25) is 0 Å². The largest absolute Gasteiger partial charge is 0.521 e. The molecule has 13 aromatic carbocycles. The van der Waals surface area contributed by atoms with Crippen molar-refractivity contribution in [3.8, 4) is 0 Å². The van der Waals surface area contributed by atoms with Crippen molar-refractivity contribution in [1.82, 2.24) is 0 Å². The van der Waals surface area contributed by atoms with Crippen molar-refractivity contribution in [3.63, 3.8) is 0 Å². The quantitative estimate of drug-likeness (QED) is 0.0432. The average Bonchev–Trinajstić information content (AvgIpc) is 0.719. The predicted octanol–water partition coefficient (Wildman–Crippen LogP) is 26.2. The van der Waals surface area contributed by atoms with Crippen LogP contribution in [0.15, 0.2) is 306 Å². The summed E-state index contributed by atoms with van der Waals surface area (Å²) >= 11 is 9.84. The summed E-state index contributed by atoms with van der Waals surface area (Å²) in [7, 11) is -9.18. The van der Waals surface area contributed by atoms with Gasteiger partial charge in [-0.15, -0.1) is 70.6 Å². The Morgan fingerprint density at radius 1 is 0.296 bits per heavy atom. The van der Waals surface area contributed by atoms with Gasteiger partial charge in [0, 0.05) is 29.4 Å². The SMILES string of the molecule is Fc1c(F)c(F)c(B(OS(c2ccccc2)(c2ccc(SC3SC=Cc4cc5ccccc5cc43)cc2)C2SC=Cc3cc4ccccc4cc32)OS(c2ccccc2)(c2ccc(SC3SC=Cc4cc5ccccc5cc43)cc2)C2SC=Cc3cc4ccccc4cc32)c(F)c1F. The molecule has 2 nitrogen and oxygen atoms in total. The first kappa shape index (κ1) is 63.7. The van der Waals surface area contributed by atoms with Gasteiger partial charge in [0.05, 0.1) is 23.8 Å². The fourth-order valence-electron chi connectivity index (χ4n) is 13.5. The minimum absolute atomic E-state index is 0.0164. The van der Waals surface area contributed by atoms with Gasteiger partial charge in [-0.25, -0.2) is 22.0 Å². The monoisotopic (exact) mass is 1430 g/mol. The Balaban J connectivity index is 0.890. The second kappa shape index (κ2) is 26.8. The molecule has 6 atom stereocenters. The summed E-state index contributed by atoms with van der Waals surface area (Å²) in [6.45, 7) is 0. The lowest BCUT2D eigenvalue weighted by molar-refractivity contribution is 0.379. The topological polar surface area (TPSA) is 18.5 Å². The maximum Gasteiger partial charge on any atom is 0.521 e. The van der Waals surface area contributed by atoms with Crippen LogP contribution in [0.25, 0.3) is 67.4 Å². The molecule has 0 saturated heterocycles. The lowest BCUT2D eigenvalue weighted by Crippen LogP contribution is -2.45. The summed E-state index contributed by atoms with van der Waals surface area (Å²) in [6.07, 6.45) is 8.42. The molecule has 0 bridgehead atoms. The summed E-state index contributed by atoms with van der Waals surface area (Å²) in [5, 5.41) is 16.8. The average molecular weight is 1430 g/mol. The maximum absolute atomic E-state index is 18.1. The van der Waals surface area contributed by atoms with E-state index in [4.69, 9.17) is 8.20 Å². The zero-order valence-electron chi connectivity index (χ0n) is 51.7. The van der Waals surface area contributed by atoms with E-state index in [1.54, 1.807) is 47.0 Å². The van der Waals surface area contributed by atoms with Crippen molar-refractivity contribution in [3.05, 3.63) is 350 Å². The second-order valence-corrected chi connectivity index (χ2v) is 37.1. The fourth-order valence-corrected chi connectivity index (χ4v) is 29.2. The van der Waals surface area contributed by atoms with Crippen LogP contribution in [-0.4, -0.2) is 7.12 Å². The van der Waals surface area contributed by atoms with Crippen molar-refractivity contribution in [2.45, 2.75) is 47.7 Å². The number of fused-ring (bicyclic) bond motifs is 8. The maximum atomic E-state index is 18.1. The van der Waals surface area contributed by atoms with Gasteiger partial charge in [-0.2, -0.15) is 0 Å². The van der Waals surface area contributed by atoms with Crippen molar-refractivity contribution in [1.29, 1.82) is 0 Å². The van der Waals surface area contributed by atoms with Gasteiger partial charge in [0.15, 0.2) is 29.1 Å². The minimum Gasteiger partial charge on any atom is -0.348 e. The summed E-state index contributed by atoms with van der Waals surface area (Å²) < 4.78 is 101. The molecule has 6 unspecified atom stereocenters. The Labute approximate surface area is 593 Å². The van der Waals surface area contributed by atoms with Gasteiger partial charge in [0.2, 0.25) is 0 Å². The van der Waals surface area contributed by atoms with Crippen LogP contribution in [0.3, 0.4) is 0 Å². The number of hydrogen-bond acceptors (Lipinski definition) is 8. The number of thioether (sulfide) groups is 6. The van der Waals surface area contributed by atoms with Crippen molar-refractivity contribution in [2.75, 3.05) is 0 Å². The third-order valence-electron chi connectivity index (χ3n) is 18.2. The highest BCUT2D eigenvalue weighted by atomic mass is 32.3. The molecule has 13 aromatic rings. The van der Waals surface area contributed by atoms with Crippen LogP contribution in [0.2, 0.25) is 0 Å². The lowest BCUT2D eigenvalue weighted by atomic mass is 9.79. The summed E-state index contributed by atoms with van der Waals surface area (Å²) in [5.41, 5.74) is 6.90. The van der Waals surface area contributed by atoms with E-state index in [0.717, 1.165) is 86.3 Å². The molecule has 0 saturated carbocycles. The van der Waals surface area contributed by atoms with Gasteiger partial charge in [-0.1, -0.05) is 154 Å². The Bertz CT molecular complexity index is 5100. The van der Waals surface area contributed by atoms with Crippen LogP contribution in [0.4, 0.5) is 22.0 Å². The third kappa shape index (κ3) is 11.5. The molecule has 0 fully saturated rings. The van der Waals surface area contributed by atoms with Crippen molar-refractivity contribution in [2.24, 2.45) is 0 Å². The van der Waals surface area contributed by atoms with Crippen LogP contribution in [0.1, 0.15) is 62.8 Å². The molecule has 4 aliphatic heterocycles. The standard InChI is InChI=1S/C82H54BF5O2S8/c84-74-73(75(85)77(87)78(88)76(74)86)83(89-97(65-23-3-1-4-24-65,81-71-49-57-21-13-9-17-53(57)45-61(71)37-41-93-81)67-31-27-63(28-32-67)95-79-69-47-55-19-11-7-15-51(55)43-59(69)35-39-91-79)90-98(66-25-5-2-6-26-66,82-72-50-58-22-14-10-18-54(58)46-62(72)38-42-94-82)68-33-29-64(30-34-68)96-80-70-48-56-20-12-8-16-52(56)44-60(70)36-40-92-80/h1-50,79-82H. The van der Waals surface area contributed by atoms with E-state index in [9.17, 15) is 0 Å². The molecule has 0 N–H and O–H groups in total. The smallest absolute Gasteiger partial charge is 0.348 e. The molecule has 0 aromatic heterocycles. The number of benzene rings is 13. The number of rotatable bonds is 15. The van der Waals surface area contributed by atoms with E-state index in [0.29, 0.717) is 19.6 Å². The highest BCUT2D eigenvalue weighted by Gasteiger charge is 2.53. The zero-order valence-corrected chi connectivity index (χ0v) is 58.3. The molecular formula is C82H54BF5O2S8. The van der Waals surface area contributed by atoms with E-state index in [-0.39, 0.29) is 9.16 Å². The molecule has 0 aliphatic carbocycles. The second-order valence-electron chi connectivity index (χ2n) is 23.9. The highest BCUT2D eigenvalue weighted by Crippen LogP contribution is 2.80. The van der Waals surface area contributed by atoms with Crippen LogP contribution in [0.5, 0.6) is 0 Å². The first-order valence-corrected chi connectivity index (χ1v) is 40.4. The molecule has 16 heteroatoms. The van der Waals surface area contributed by atoms with Crippen LogP contribution >= 0.6 is 91.2 Å². The molecule has 17 rings (SSSR count). The Kier molecular flexibility index (Phi) is 17.4. The summed E-state index contributed by atoms with van der Waals surface area (Å²) in [6, 6.07) is 85.8. The minimum atomic E-state index is -3.42. The molecule has 0 spiro atoms. The number of hydrogen-bond donors (Lipinski definition) is 0. The van der Waals surface area contributed by atoms with Gasteiger partial charge in [0.1, 0.15) is 0 Å². The first-order valence-electron chi connectivity index (χ1n) is 31.6. The van der Waals surface area contributed by atoms with Gasteiger partial charge >= 0.3 is 7.12 Å². The predicted molar refractivity (Wildman–Crippen MR) is 413 cm³/mol. The Morgan fingerprint density at radius 2 is 0.571 bits per heavy atom. The summed E-state index contributed by atoms with van der Waals surface area (Å²) in [4.78, 5) is 4.37. The molecular weight excluding hydrogens is 1380 g/mol. The van der Waals surface area contributed by atoms with Crippen LogP contribution < -0.4 is 5.46 Å². The molecule has 98 heavy (non-hydrogen) atoms. The van der Waals surface area contributed by atoms with Gasteiger partial charge in [-0.05, 0) is 255 Å². The van der Waals surface area contributed by atoms with Crippen LogP contribution in [-0.2, 0) is 8.20 Å². The van der Waals surface area contributed by atoms with E-state index in [1.807, 2.05) is 144 Å². The van der Waals surface area contributed by atoms with Gasteiger partial charge < -0.3 is 8.20 Å². The third-order valence-corrected chi connectivity index (χ3v) is 33.5. The Hall–Kier alpha value is -7.71. The highest BCUT2D eigenvalue weighted by molar-refractivity contribution is 8.38. The van der Waals surface area contributed by atoms with E-state index >= 15 is 22.0 Å². The van der Waals surface area contributed by atoms with E-state index in [2.05, 4.69) is 156 Å². The Morgan fingerprint density at radius 3 is 0.918 bits per heavy atom. The molecule has 0 amide bonds. The van der Waals surface area contributed by atoms with Gasteiger partial charge in [0.25, 0.3) is 0 Å². The van der Waals surface area contributed by atoms with Crippen LogP contribution in [0, 0.1) is 29.1 Å². The molecule has 480 valence electrons. The molecule has 0 radical (unpaired) electrons. The first-order chi connectivity index (χ1) is 48.1. The summed E-state index contributed by atoms with van der Waals surface area (Å²) in [5.74, 6) is -10.6. The molecule has 4 heterocycles. The van der Waals surface area contributed by atoms with E-state index < -0.39 is 71.4 Å². The zero-order chi connectivity index (χ0) is 66.1. The van der Waals surface area contributed by atoms with Crippen molar-refractivity contribution < 1.29 is 30.2 Å².